The van der Waals surface area contributed by atoms with E-state index in [1.54, 1.807) is 7.11 Å². The molecule has 4 aromatic rings. The Kier molecular flexibility index (Phi) is 6.04. The zero-order chi connectivity index (χ0) is 23.7. The molecule has 0 saturated carbocycles. The highest BCUT2D eigenvalue weighted by Crippen LogP contribution is 2.39. The Hall–Kier alpha value is -3.68. The molecule has 0 amide bonds. The predicted molar refractivity (Wildman–Crippen MR) is 138 cm³/mol. The van der Waals surface area contributed by atoms with Gasteiger partial charge in [-0.25, -0.2) is 0 Å². The van der Waals surface area contributed by atoms with Crippen molar-refractivity contribution in [2.75, 3.05) is 12.0 Å². The van der Waals surface area contributed by atoms with Crippen LogP contribution in [0, 0.1) is 0 Å². The van der Waals surface area contributed by atoms with Crippen molar-refractivity contribution in [3.8, 4) is 17.1 Å². The first-order valence-electron chi connectivity index (χ1n) is 10.7. The number of nitrogens with one attached hydrogen (secondary N) is 1. The van der Waals surface area contributed by atoms with Crippen molar-refractivity contribution in [3.05, 3.63) is 101 Å². The molecule has 0 spiro atoms. The molecular weight excluding hydrogens is 468 g/mol. The average molecular weight is 489 g/mol. The molecule has 0 bridgehead atoms. The number of thiocarbonyl (C=S) groups is 1. The summed E-state index contributed by atoms with van der Waals surface area (Å²) in [6.07, 6.45) is 0. The van der Waals surface area contributed by atoms with E-state index in [0.29, 0.717) is 21.9 Å². The van der Waals surface area contributed by atoms with Gasteiger partial charge in [0.25, 0.3) is 5.89 Å². The minimum Gasteiger partial charge on any atom is -0.497 e. The van der Waals surface area contributed by atoms with E-state index in [9.17, 15) is 0 Å². The maximum atomic E-state index is 6.11. The molecular formula is C26H21ClN4O2S. The minimum absolute atomic E-state index is 0.286. The molecule has 3 aromatic carbocycles. The van der Waals surface area contributed by atoms with Crippen LogP contribution in [0.4, 0.5) is 5.69 Å². The molecule has 0 saturated heterocycles. The Morgan fingerprint density at radius 2 is 1.71 bits per heavy atom. The van der Waals surface area contributed by atoms with E-state index >= 15 is 0 Å². The lowest BCUT2D eigenvalue weighted by Crippen LogP contribution is -2.46. The molecule has 1 aliphatic heterocycles. The Balaban J connectivity index is 1.64. The number of rotatable bonds is 5. The topological polar surface area (TPSA) is 63.4 Å². The number of benzene rings is 3. The summed E-state index contributed by atoms with van der Waals surface area (Å²) in [6, 6.07) is 24.8. The van der Waals surface area contributed by atoms with Crippen molar-refractivity contribution in [1.82, 2.24) is 15.5 Å². The maximum Gasteiger partial charge on any atom is 0.258 e. The number of ether oxygens (including phenoxy) is 1. The first-order valence-corrected chi connectivity index (χ1v) is 11.4. The Labute approximate surface area is 207 Å². The molecule has 5 rings (SSSR count). The summed E-state index contributed by atoms with van der Waals surface area (Å²) in [5.74, 6) is 1.72. The van der Waals surface area contributed by atoms with Crippen LogP contribution in [0.25, 0.3) is 17.0 Å². The van der Waals surface area contributed by atoms with Gasteiger partial charge in [0.1, 0.15) is 5.75 Å². The van der Waals surface area contributed by atoms with Crippen molar-refractivity contribution in [2.24, 2.45) is 0 Å². The number of halogens is 1. The standard InChI is InChI=1S/C26H21ClN4O2S/c1-16-22(25-29-24(30-33-25)18-6-4-3-5-7-18)23(17-8-14-21(32-2)15-9-17)28-26(34)31(16)20-12-10-19(27)11-13-20/h3-15,23H,1-2H3,(H,28,34). The predicted octanol–water partition coefficient (Wildman–Crippen LogP) is 6.27. The third-order valence-corrected chi connectivity index (χ3v) is 6.26. The maximum absolute atomic E-state index is 6.11. The molecule has 1 unspecified atom stereocenters. The van der Waals surface area contributed by atoms with E-state index in [1.165, 1.54) is 0 Å². The van der Waals surface area contributed by atoms with E-state index in [2.05, 4.69) is 10.5 Å². The Morgan fingerprint density at radius 1 is 1.00 bits per heavy atom. The molecule has 6 nitrogen and oxygen atoms in total. The molecule has 0 radical (unpaired) electrons. The molecule has 2 heterocycles. The van der Waals surface area contributed by atoms with E-state index < -0.39 is 0 Å². The second kappa shape index (κ2) is 9.29. The monoisotopic (exact) mass is 488 g/mol. The van der Waals surface area contributed by atoms with Crippen molar-refractivity contribution in [2.45, 2.75) is 13.0 Å². The minimum atomic E-state index is -0.286. The van der Waals surface area contributed by atoms with Crippen molar-refractivity contribution >= 4 is 40.2 Å². The van der Waals surface area contributed by atoms with Gasteiger partial charge in [0, 0.05) is 22.0 Å². The van der Waals surface area contributed by atoms with Crippen LogP contribution < -0.4 is 15.0 Å². The molecule has 1 N–H and O–H groups in total. The third kappa shape index (κ3) is 4.16. The van der Waals surface area contributed by atoms with Crippen LogP contribution in [0.5, 0.6) is 5.75 Å². The zero-order valence-corrected chi connectivity index (χ0v) is 20.1. The highest BCUT2D eigenvalue weighted by Gasteiger charge is 2.34. The Bertz CT molecular complexity index is 1350. The summed E-state index contributed by atoms with van der Waals surface area (Å²) in [7, 11) is 1.64. The van der Waals surface area contributed by atoms with Gasteiger partial charge in [-0.3, -0.25) is 4.90 Å². The number of methoxy groups -OCH3 is 1. The smallest absolute Gasteiger partial charge is 0.258 e. The van der Waals surface area contributed by atoms with Crippen LogP contribution in [-0.4, -0.2) is 22.4 Å². The summed E-state index contributed by atoms with van der Waals surface area (Å²) in [4.78, 5) is 6.69. The van der Waals surface area contributed by atoms with Crippen LogP contribution in [0.2, 0.25) is 5.02 Å². The normalized spacial score (nSPS) is 15.9. The fourth-order valence-electron chi connectivity index (χ4n) is 4.00. The fourth-order valence-corrected chi connectivity index (χ4v) is 4.49. The van der Waals surface area contributed by atoms with Gasteiger partial charge >= 0.3 is 0 Å². The van der Waals surface area contributed by atoms with Gasteiger partial charge in [-0.15, -0.1) is 0 Å². The first kappa shape index (κ1) is 22.1. The summed E-state index contributed by atoms with van der Waals surface area (Å²) in [5, 5.41) is 8.92. The first-order chi connectivity index (χ1) is 16.5. The molecule has 1 aromatic heterocycles. The van der Waals surface area contributed by atoms with Gasteiger partial charge in [-0.05, 0) is 61.1 Å². The van der Waals surface area contributed by atoms with Gasteiger partial charge < -0.3 is 14.6 Å². The number of hydrogen-bond acceptors (Lipinski definition) is 5. The summed E-state index contributed by atoms with van der Waals surface area (Å²) in [5.41, 5.74) is 4.48. The second-order valence-electron chi connectivity index (χ2n) is 7.76. The lowest BCUT2D eigenvalue weighted by atomic mass is 9.94. The van der Waals surface area contributed by atoms with E-state index in [1.807, 2.05) is 90.7 Å². The van der Waals surface area contributed by atoms with Gasteiger partial charge in [0.2, 0.25) is 5.82 Å². The van der Waals surface area contributed by atoms with E-state index in [-0.39, 0.29) is 6.04 Å². The lowest BCUT2D eigenvalue weighted by Gasteiger charge is -2.37. The van der Waals surface area contributed by atoms with Crippen molar-refractivity contribution in [1.29, 1.82) is 0 Å². The fraction of sp³-hybridized carbons (Fsp3) is 0.115. The van der Waals surface area contributed by atoms with Gasteiger partial charge in [-0.2, -0.15) is 4.98 Å². The van der Waals surface area contributed by atoms with E-state index in [0.717, 1.165) is 33.8 Å². The number of anilines is 1. The SMILES string of the molecule is COc1ccc(C2NC(=S)N(c3ccc(Cl)cc3)C(C)=C2c2nc(-c3ccccc3)no2)cc1. The molecule has 0 fully saturated rings. The van der Waals surface area contributed by atoms with Gasteiger partial charge in [-0.1, -0.05) is 59.2 Å². The summed E-state index contributed by atoms with van der Waals surface area (Å²) < 4.78 is 11.1. The van der Waals surface area contributed by atoms with E-state index in [4.69, 9.17) is 38.1 Å². The summed E-state index contributed by atoms with van der Waals surface area (Å²) in [6.45, 7) is 2.00. The van der Waals surface area contributed by atoms with Gasteiger partial charge in [0.15, 0.2) is 5.11 Å². The quantitative estimate of drug-likeness (QED) is 0.332. The number of allylic oxidation sites excluding steroid dienone is 1. The van der Waals surface area contributed by atoms with Crippen molar-refractivity contribution in [3.63, 3.8) is 0 Å². The zero-order valence-electron chi connectivity index (χ0n) is 18.5. The number of nitrogens with zero attached hydrogens (tertiary/aromatic N) is 3. The second-order valence-corrected chi connectivity index (χ2v) is 8.58. The molecule has 1 atom stereocenters. The Morgan fingerprint density at radius 3 is 2.38 bits per heavy atom. The van der Waals surface area contributed by atoms with Crippen molar-refractivity contribution < 1.29 is 9.26 Å². The van der Waals surface area contributed by atoms with Crippen LogP contribution >= 0.6 is 23.8 Å². The highest BCUT2D eigenvalue weighted by molar-refractivity contribution is 7.80. The molecule has 34 heavy (non-hydrogen) atoms. The van der Waals surface area contributed by atoms with Crippen LogP contribution in [0.3, 0.4) is 0 Å². The molecule has 1 aliphatic rings. The number of hydrogen-bond donors (Lipinski definition) is 1. The summed E-state index contributed by atoms with van der Waals surface area (Å²) >= 11 is 11.9. The van der Waals surface area contributed by atoms with Crippen LogP contribution in [-0.2, 0) is 0 Å². The van der Waals surface area contributed by atoms with Crippen LogP contribution in [0.1, 0.15) is 24.4 Å². The molecule has 8 heteroatoms. The third-order valence-electron chi connectivity index (χ3n) is 5.71. The lowest BCUT2D eigenvalue weighted by molar-refractivity contribution is 0.404. The highest BCUT2D eigenvalue weighted by atomic mass is 35.5. The van der Waals surface area contributed by atoms with Crippen LogP contribution in [0.15, 0.2) is 89.1 Å². The number of aromatic nitrogens is 2. The molecule has 170 valence electrons. The van der Waals surface area contributed by atoms with Gasteiger partial charge in [0.05, 0.1) is 18.7 Å². The molecule has 0 aliphatic carbocycles. The largest absolute Gasteiger partial charge is 0.497 e. The average Bonchev–Trinajstić information content (AvgIpc) is 3.35.